The first-order valence-electron chi connectivity index (χ1n) is 10.9. The van der Waals surface area contributed by atoms with Crippen LogP contribution in [0.2, 0.25) is 0 Å². The molecular formula is C24H22N6O2. The van der Waals surface area contributed by atoms with Crippen molar-refractivity contribution < 1.29 is 9.32 Å². The Balaban J connectivity index is 1.44. The van der Waals surface area contributed by atoms with Crippen LogP contribution in [0.5, 0.6) is 0 Å². The Labute approximate surface area is 184 Å². The van der Waals surface area contributed by atoms with Crippen LogP contribution in [0.3, 0.4) is 0 Å². The van der Waals surface area contributed by atoms with E-state index < -0.39 is 0 Å². The number of hydrogen-bond donors (Lipinski definition) is 1. The number of benzene rings is 2. The van der Waals surface area contributed by atoms with Gasteiger partial charge in [-0.25, -0.2) is 9.97 Å². The number of ketones is 1. The van der Waals surface area contributed by atoms with Gasteiger partial charge in [-0.05, 0) is 19.1 Å². The lowest BCUT2D eigenvalue weighted by molar-refractivity contribution is 0.104. The summed E-state index contributed by atoms with van der Waals surface area (Å²) in [6.07, 6.45) is 3.54. The summed E-state index contributed by atoms with van der Waals surface area (Å²) in [6.45, 7) is 5.94. The van der Waals surface area contributed by atoms with Crippen LogP contribution < -0.4 is 15.1 Å². The topological polar surface area (TPSA) is 87.4 Å². The minimum Gasteiger partial charge on any atom is -0.385 e. The van der Waals surface area contributed by atoms with E-state index in [-0.39, 0.29) is 5.78 Å². The first-order valence-corrected chi connectivity index (χ1v) is 10.9. The monoisotopic (exact) mass is 426 g/mol. The Kier molecular flexibility index (Phi) is 4.31. The third-order valence-electron chi connectivity index (χ3n) is 6.20. The quantitative estimate of drug-likeness (QED) is 0.467. The highest BCUT2D eigenvalue weighted by Crippen LogP contribution is 2.45. The number of carbonyl (C=O) groups excluding carboxylic acids is 1. The number of anilines is 3. The van der Waals surface area contributed by atoms with Crippen LogP contribution in [0.15, 0.2) is 53.3 Å². The second kappa shape index (κ2) is 7.33. The second-order valence-electron chi connectivity index (χ2n) is 7.98. The lowest BCUT2D eigenvalue weighted by Gasteiger charge is -2.36. The Hall–Kier alpha value is -3.94. The maximum absolute atomic E-state index is 13.4. The molecule has 0 amide bonds. The zero-order chi connectivity index (χ0) is 21.7. The van der Waals surface area contributed by atoms with E-state index >= 15 is 0 Å². The Morgan fingerprint density at radius 2 is 1.72 bits per heavy atom. The Morgan fingerprint density at radius 1 is 1.00 bits per heavy atom. The van der Waals surface area contributed by atoms with Gasteiger partial charge in [0.2, 0.25) is 5.95 Å². The molecule has 2 aromatic heterocycles. The van der Waals surface area contributed by atoms with Gasteiger partial charge in [0.1, 0.15) is 5.52 Å². The molecule has 0 radical (unpaired) electrons. The molecule has 8 nitrogen and oxygen atoms in total. The molecule has 2 aromatic carbocycles. The lowest BCUT2D eigenvalue weighted by atomic mass is 9.86. The van der Waals surface area contributed by atoms with Crippen molar-refractivity contribution in [2.24, 2.45) is 0 Å². The Morgan fingerprint density at radius 3 is 2.47 bits per heavy atom. The van der Waals surface area contributed by atoms with Crippen LogP contribution in [0.1, 0.15) is 22.8 Å². The first-order chi connectivity index (χ1) is 15.8. The molecule has 0 bridgehead atoms. The third kappa shape index (κ3) is 2.76. The molecule has 3 heterocycles. The lowest BCUT2D eigenvalue weighted by Crippen LogP contribution is -2.47. The number of hydrogen-bond acceptors (Lipinski definition) is 8. The molecule has 1 aliphatic carbocycles. The average Bonchev–Trinajstić information content (AvgIpc) is 3.29. The molecule has 32 heavy (non-hydrogen) atoms. The smallest absolute Gasteiger partial charge is 0.225 e. The fourth-order valence-electron chi connectivity index (χ4n) is 4.72. The van der Waals surface area contributed by atoms with E-state index in [0.717, 1.165) is 60.0 Å². The van der Waals surface area contributed by atoms with Gasteiger partial charge in [-0.3, -0.25) is 4.79 Å². The standard InChI is InChI=1S/C24H22N6O2/c1-2-25-17-14-18(29-10-12-30(13-11-29)24-26-8-5-9-27-24)21-20-19(17)22(31)15-6-3-4-7-16(15)23(20)32-28-21/h3-9,14,25H,2,10-13H2,1H3. The zero-order valence-corrected chi connectivity index (χ0v) is 17.7. The van der Waals surface area contributed by atoms with Gasteiger partial charge in [0.05, 0.1) is 16.6 Å². The van der Waals surface area contributed by atoms with E-state index in [9.17, 15) is 4.79 Å². The number of rotatable bonds is 4. The molecule has 1 fully saturated rings. The summed E-state index contributed by atoms with van der Waals surface area (Å²) >= 11 is 0. The number of nitrogens with zero attached hydrogens (tertiary/aromatic N) is 5. The third-order valence-corrected chi connectivity index (χ3v) is 6.20. The van der Waals surface area contributed by atoms with Crippen LogP contribution in [-0.4, -0.2) is 53.6 Å². The fourth-order valence-corrected chi connectivity index (χ4v) is 4.72. The van der Waals surface area contributed by atoms with Crippen molar-refractivity contribution >= 4 is 34.0 Å². The first kappa shape index (κ1) is 18.8. The molecule has 8 heteroatoms. The summed E-state index contributed by atoms with van der Waals surface area (Å²) in [5.41, 5.74) is 4.66. The summed E-state index contributed by atoms with van der Waals surface area (Å²) in [4.78, 5) is 26.7. The molecule has 0 saturated carbocycles. The predicted octanol–water partition coefficient (Wildman–Crippen LogP) is 3.59. The minimum atomic E-state index is 0.00912. The van der Waals surface area contributed by atoms with Crippen LogP contribution >= 0.6 is 0 Å². The summed E-state index contributed by atoms with van der Waals surface area (Å²) in [5.74, 6) is 1.43. The van der Waals surface area contributed by atoms with E-state index in [1.54, 1.807) is 12.4 Å². The van der Waals surface area contributed by atoms with Crippen LogP contribution in [0, 0.1) is 0 Å². The normalized spacial score (nSPS) is 15.2. The Bertz CT molecular complexity index is 1330. The molecule has 0 spiro atoms. The van der Waals surface area contributed by atoms with E-state index in [1.165, 1.54) is 0 Å². The van der Waals surface area contributed by atoms with Gasteiger partial charge in [0.15, 0.2) is 11.5 Å². The molecular weight excluding hydrogens is 404 g/mol. The van der Waals surface area contributed by atoms with Crippen molar-refractivity contribution in [1.82, 2.24) is 15.1 Å². The van der Waals surface area contributed by atoms with Crippen molar-refractivity contribution in [3.63, 3.8) is 0 Å². The van der Waals surface area contributed by atoms with Gasteiger partial charge in [-0.1, -0.05) is 29.4 Å². The molecule has 2 aliphatic rings. The number of nitrogens with one attached hydrogen (secondary N) is 1. The van der Waals surface area contributed by atoms with Crippen molar-refractivity contribution in [2.75, 3.05) is 47.8 Å². The number of piperazine rings is 1. The van der Waals surface area contributed by atoms with Gasteiger partial charge in [-0.2, -0.15) is 0 Å². The van der Waals surface area contributed by atoms with E-state index in [2.05, 4.69) is 30.2 Å². The van der Waals surface area contributed by atoms with Gasteiger partial charge >= 0.3 is 0 Å². The van der Waals surface area contributed by atoms with Gasteiger partial charge in [-0.15, -0.1) is 0 Å². The van der Waals surface area contributed by atoms with E-state index in [0.29, 0.717) is 23.4 Å². The molecule has 1 aliphatic heterocycles. The number of aromatic nitrogens is 3. The maximum Gasteiger partial charge on any atom is 0.225 e. The van der Waals surface area contributed by atoms with Crippen LogP contribution in [-0.2, 0) is 0 Å². The van der Waals surface area contributed by atoms with Crippen molar-refractivity contribution in [3.8, 4) is 11.3 Å². The van der Waals surface area contributed by atoms with Crippen molar-refractivity contribution in [3.05, 3.63) is 59.9 Å². The second-order valence-corrected chi connectivity index (χ2v) is 7.98. The summed E-state index contributed by atoms with van der Waals surface area (Å²) in [5, 5.41) is 8.64. The number of carbonyl (C=O) groups is 1. The minimum absolute atomic E-state index is 0.00912. The SMILES string of the molecule is CCNc1cc(N2CCN(c3ncccn3)CC2)c2noc3c2c1C(=O)c1ccccc1-3. The van der Waals surface area contributed by atoms with Gasteiger partial charge in [0.25, 0.3) is 0 Å². The molecule has 1 saturated heterocycles. The molecule has 0 atom stereocenters. The maximum atomic E-state index is 13.4. The molecule has 0 unspecified atom stereocenters. The van der Waals surface area contributed by atoms with Gasteiger partial charge in [0, 0.05) is 61.9 Å². The van der Waals surface area contributed by atoms with Crippen molar-refractivity contribution in [2.45, 2.75) is 6.92 Å². The molecule has 6 rings (SSSR count). The molecule has 1 N–H and O–H groups in total. The largest absolute Gasteiger partial charge is 0.385 e. The summed E-state index contributed by atoms with van der Waals surface area (Å²) in [6, 6.07) is 11.5. The highest BCUT2D eigenvalue weighted by molar-refractivity contribution is 6.28. The average molecular weight is 426 g/mol. The number of fused-ring (bicyclic) bond motifs is 2. The summed E-state index contributed by atoms with van der Waals surface area (Å²) in [7, 11) is 0. The zero-order valence-electron chi connectivity index (χ0n) is 17.7. The van der Waals surface area contributed by atoms with Crippen LogP contribution in [0.4, 0.5) is 17.3 Å². The van der Waals surface area contributed by atoms with Gasteiger partial charge < -0.3 is 19.6 Å². The highest BCUT2D eigenvalue weighted by Gasteiger charge is 2.34. The van der Waals surface area contributed by atoms with Crippen LogP contribution in [0.25, 0.3) is 22.2 Å². The highest BCUT2D eigenvalue weighted by atomic mass is 16.5. The fraction of sp³-hybridized carbons (Fsp3) is 0.250. The summed E-state index contributed by atoms with van der Waals surface area (Å²) < 4.78 is 5.84. The molecule has 4 aromatic rings. The van der Waals surface area contributed by atoms with Crippen molar-refractivity contribution in [1.29, 1.82) is 0 Å². The van der Waals surface area contributed by atoms with E-state index in [4.69, 9.17) is 4.52 Å². The van der Waals surface area contributed by atoms with E-state index in [1.807, 2.05) is 43.3 Å². The predicted molar refractivity (Wildman–Crippen MR) is 123 cm³/mol. The molecule has 160 valence electrons.